The fraction of sp³-hybridized carbons (Fsp3) is 0.476. The topological polar surface area (TPSA) is 46.6 Å². The minimum atomic E-state index is -4.40. The number of pyridine rings is 1. The highest BCUT2D eigenvalue weighted by atomic mass is 19.4. The molecule has 0 spiro atoms. The van der Waals surface area contributed by atoms with Crippen LogP contribution >= 0.6 is 0 Å². The van der Waals surface area contributed by atoms with Crippen molar-refractivity contribution in [2.45, 2.75) is 38.5 Å². The lowest BCUT2D eigenvalue weighted by molar-refractivity contribution is -0.137. The van der Waals surface area contributed by atoms with E-state index in [4.69, 9.17) is 9.47 Å². The van der Waals surface area contributed by atoms with Crippen molar-refractivity contribution in [2.75, 3.05) is 31.7 Å². The summed E-state index contributed by atoms with van der Waals surface area (Å²) in [6.45, 7) is 4.67. The molecule has 8 heteroatoms. The lowest BCUT2D eigenvalue weighted by atomic mass is 10.0. The van der Waals surface area contributed by atoms with Crippen molar-refractivity contribution < 1.29 is 22.6 Å². The van der Waals surface area contributed by atoms with Crippen molar-refractivity contribution in [3.8, 4) is 11.5 Å². The highest BCUT2D eigenvalue weighted by Crippen LogP contribution is 2.32. The SMILES string of the molecule is CCOc1cc(CN(c2ccc(C(F)(F)F)cn2)C2CCNCC2)ccc1OC. The van der Waals surface area contributed by atoms with E-state index in [0.29, 0.717) is 30.5 Å². The maximum atomic E-state index is 12.9. The fourth-order valence-corrected chi connectivity index (χ4v) is 3.52. The van der Waals surface area contributed by atoms with Gasteiger partial charge in [-0.2, -0.15) is 13.2 Å². The third kappa shape index (κ3) is 5.32. The molecule has 0 atom stereocenters. The van der Waals surface area contributed by atoms with E-state index < -0.39 is 11.7 Å². The van der Waals surface area contributed by atoms with Crippen LogP contribution in [0.15, 0.2) is 36.5 Å². The maximum absolute atomic E-state index is 12.9. The molecule has 0 bridgehead atoms. The van der Waals surface area contributed by atoms with Crippen LogP contribution in [0.4, 0.5) is 19.0 Å². The highest BCUT2D eigenvalue weighted by Gasteiger charge is 2.31. The summed E-state index contributed by atoms with van der Waals surface area (Å²) in [6, 6.07) is 8.45. The smallest absolute Gasteiger partial charge is 0.417 e. The fourth-order valence-electron chi connectivity index (χ4n) is 3.52. The van der Waals surface area contributed by atoms with Gasteiger partial charge in [-0.25, -0.2) is 4.98 Å². The summed E-state index contributed by atoms with van der Waals surface area (Å²) in [4.78, 5) is 6.22. The first-order valence-corrected chi connectivity index (χ1v) is 9.72. The van der Waals surface area contributed by atoms with E-state index in [1.165, 1.54) is 6.07 Å². The van der Waals surface area contributed by atoms with Crippen molar-refractivity contribution in [2.24, 2.45) is 0 Å². The molecule has 0 saturated carbocycles. The quantitative estimate of drug-likeness (QED) is 0.740. The summed E-state index contributed by atoms with van der Waals surface area (Å²) in [6.07, 6.45) is -1.69. The number of hydrogen-bond acceptors (Lipinski definition) is 5. The number of hydrogen-bond donors (Lipinski definition) is 1. The molecular weight excluding hydrogens is 383 g/mol. The van der Waals surface area contributed by atoms with Gasteiger partial charge in [0.25, 0.3) is 0 Å². The van der Waals surface area contributed by atoms with Gasteiger partial charge in [0, 0.05) is 18.8 Å². The molecule has 0 unspecified atom stereocenters. The summed E-state index contributed by atoms with van der Waals surface area (Å²) in [7, 11) is 1.59. The minimum Gasteiger partial charge on any atom is -0.493 e. The van der Waals surface area contributed by atoms with Crippen molar-refractivity contribution >= 4 is 5.82 Å². The highest BCUT2D eigenvalue weighted by molar-refractivity contribution is 5.46. The Labute approximate surface area is 168 Å². The van der Waals surface area contributed by atoms with Gasteiger partial charge in [-0.1, -0.05) is 6.07 Å². The molecule has 1 N–H and O–H groups in total. The Balaban J connectivity index is 1.89. The van der Waals surface area contributed by atoms with E-state index in [9.17, 15) is 13.2 Å². The van der Waals surface area contributed by atoms with Gasteiger partial charge in [0.2, 0.25) is 0 Å². The number of methoxy groups -OCH3 is 1. The summed E-state index contributed by atoms with van der Waals surface area (Å²) >= 11 is 0. The lowest BCUT2D eigenvalue weighted by Gasteiger charge is -2.36. The minimum absolute atomic E-state index is 0.193. The van der Waals surface area contributed by atoms with Gasteiger partial charge >= 0.3 is 6.18 Å². The standard InChI is InChI=1S/C21H26F3N3O2/c1-3-29-19-12-15(4-6-18(19)28-2)14-27(17-8-10-25-11-9-17)20-7-5-16(13-26-20)21(22,23)24/h4-7,12-13,17,25H,3,8-11,14H2,1-2H3. The van der Waals surface area contributed by atoms with Crippen LogP contribution in [0.1, 0.15) is 30.9 Å². The predicted molar refractivity (Wildman–Crippen MR) is 105 cm³/mol. The molecule has 1 fully saturated rings. The molecule has 1 aliphatic heterocycles. The Morgan fingerprint density at radius 3 is 2.48 bits per heavy atom. The zero-order valence-electron chi connectivity index (χ0n) is 16.6. The largest absolute Gasteiger partial charge is 0.493 e. The normalized spacial score (nSPS) is 15.2. The zero-order chi connectivity index (χ0) is 20.9. The van der Waals surface area contributed by atoms with E-state index >= 15 is 0 Å². The molecule has 2 heterocycles. The molecule has 0 radical (unpaired) electrons. The Morgan fingerprint density at radius 1 is 1.14 bits per heavy atom. The van der Waals surface area contributed by atoms with Crippen LogP contribution in [-0.2, 0) is 12.7 Å². The Morgan fingerprint density at radius 2 is 1.90 bits per heavy atom. The van der Waals surface area contributed by atoms with Crippen molar-refractivity contribution in [3.05, 3.63) is 47.7 Å². The molecule has 3 rings (SSSR count). The zero-order valence-corrected chi connectivity index (χ0v) is 16.6. The van der Waals surface area contributed by atoms with Gasteiger partial charge in [0.1, 0.15) is 5.82 Å². The van der Waals surface area contributed by atoms with Crippen LogP contribution < -0.4 is 19.7 Å². The van der Waals surface area contributed by atoms with Crippen molar-refractivity contribution in [1.82, 2.24) is 10.3 Å². The lowest BCUT2D eigenvalue weighted by Crippen LogP contribution is -2.43. The third-order valence-electron chi connectivity index (χ3n) is 5.00. The molecule has 1 aromatic heterocycles. The number of alkyl halides is 3. The van der Waals surface area contributed by atoms with Crippen LogP contribution in [0.2, 0.25) is 0 Å². The summed E-state index contributed by atoms with van der Waals surface area (Å²) in [5.41, 5.74) is 0.240. The average Bonchev–Trinajstić information content (AvgIpc) is 2.72. The van der Waals surface area contributed by atoms with Crippen LogP contribution in [0, 0.1) is 0 Å². The second kappa shape index (κ2) is 9.35. The van der Waals surface area contributed by atoms with E-state index in [0.717, 1.165) is 43.8 Å². The molecule has 5 nitrogen and oxygen atoms in total. The van der Waals surface area contributed by atoms with Crippen molar-refractivity contribution in [3.63, 3.8) is 0 Å². The number of ether oxygens (including phenoxy) is 2. The first kappa shape index (κ1) is 21.2. The molecule has 0 aliphatic carbocycles. The number of nitrogens with one attached hydrogen (secondary N) is 1. The van der Waals surface area contributed by atoms with Gasteiger partial charge in [0.05, 0.1) is 19.3 Å². The number of aromatic nitrogens is 1. The van der Waals surface area contributed by atoms with Gasteiger partial charge in [-0.15, -0.1) is 0 Å². The molecule has 2 aromatic rings. The van der Waals surface area contributed by atoms with Gasteiger partial charge in [0.15, 0.2) is 11.5 Å². The first-order valence-electron chi connectivity index (χ1n) is 9.72. The molecule has 1 aromatic carbocycles. The number of rotatable bonds is 7. The van der Waals surface area contributed by atoms with E-state index in [-0.39, 0.29) is 6.04 Å². The third-order valence-corrected chi connectivity index (χ3v) is 5.00. The van der Waals surface area contributed by atoms with Crippen LogP contribution in [0.5, 0.6) is 11.5 Å². The van der Waals surface area contributed by atoms with Gasteiger partial charge < -0.3 is 19.7 Å². The second-order valence-electron chi connectivity index (χ2n) is 6.93. The Kier molecular flexibility index (Phi) is 6.84. The summed E-state index contributed by atoms with van der Waals surface area (Å²) in [5, 5.41) is 3.32. The van der Waals surface area contributed by atoms with E-state index in [1.54, 1.807) is 7.11 Å². The molecular formula is C21H26F3N3O2. The molecule has 158 valence electrons. The molecule has 1 aliphatic rings. The van der Waals surface area contributed by atoms with E-state index in [2.05, 4.69) is 15.2 Å². The Bertz CT molecular complexity index is 791. The number of nitrogens with zero attached hydrogens (tertiary/aromatic N) is 2. The number of piperidine rings is 1. The molecule has 1 saturated heterocycles. The van der Waals surface area contributed by atoms with Crippen LogP contribution in [0.25, 0.3) is 0 Å². The number of anilines is 1. The summed E-state index contributed by atoms with van der Waals surface area (Å²) in [5.74, 6) is 1.84. The number of halogens is 3. The van der Waals surface area contributed by atoms with Crippen LogP contribution in [-0.4, -0.2) is 37.8 Å². The van der Waals surface area contributed by atoms with Gasteiger partial charge in [-0.3, -0.25) is 0 Å². The van der Waals surface area contributed by atoms with Gasteiger partial charge in [-0.05, 0) is 62.7 Å². The van der Waals surface area contributed by atoms with Crippen LogP contribution in [0.3, 0.4) is 0 Å². The number of benzene rings is 1. The second-order valence-corrected chi connectivity index (χ2v) is 6.93. The monoisotopic (exact) mass is 409 g/mol. The van der Waals surface area contributed by atoms with Crippen molar-refractivity contribution in [1.29, 1.82) is 0 Å². The van der Waals surface area contributed by atoms with E-state index in [1.807, 2.05) is 25.1 Å². The molecule has 0 amide bonds. The first-order chi connectivity index (χ1) is 13.9. The average molecular weight is 409 g/mol. The maximum Gasteiger partial charge on any atom is 0.417 e. The molecule has 29 heavy (non-hydrogen) atoms. The summed E-state index contributed by atoms with van der Waals surface area (Å²) < 4.78 is 49.8. The predicted octanol–water partition coefficient (Wildman–Crippen LogP) is 4.27. The Hall–Kier alpha value is -2.48.